The van der Waals surface area contributed by atoms with Crippen LogP contribution in [0.3, 0.4) is 0 Å². The number of rotatable bonds is 2. The molecule has 6 nitrogen and oxygen atoms in total. The number of alkyl halides is 1. The van der Waals surface area contributed by atoms with Gasteiger partial charge in [-0.15, -0.1) is 0 Å². The second-order valence-corrected chi connectivity index (χ2v) is 7.09. The van der Waals surface area contributed by atoms with E-state index in [1.165, 1.54) is 0 Å². The Hall–Kier alpha value is -0.661. The minimum absolute atomic E-state index is 0.223. The van der Waals surface area contributed by atoms with Crippen LogP contribution in [0.15, 0.2) is 15.8 Å². The Balaban J connectivity index is 2.42. The normalized spacial score (nSPS) is 31.8. The van der Waals surface area contributed by atoms with E-state index in [0.29, 0.717) is 0 Å². The number of H-pyrrole nitrogens is 1. The van der Waals surface area contributed by atoms with Crippen molar-refractivity contribution < 1.29 is 14.6 Å². The van der Waals surface area contributed by atoms with Crippen molar-refractivity contribution in [3.8, 4) is 0 Å². The van der Waals surface area contributed by atoms with Gasteiger partial charge in [-0.05, 0) is 0 Å². The van der Waals surface area contributed by atoms with Crippen molar-refractivity contribution in [3.63, 3.8) is 0 Å². The molecule has 1 aliphatic rings. The van der Waals surface area contributed by atoms with Crippen molar-refractivity contribution in [1.29, 1.82) is 0 Å². The van der Waals surface area contributed by atoms with Gasteiger partial charge in [-0.3, -0.25) is 0 Å². The number of hydrogen-bond acceptors (Lipinski definition) is 4. The first-order chi connectivity index (χ1) is 8.45. The zero-order valence-electron chi connectivity index (χ0n) is 8.92. The first-order valence-electron chi connectivity index (χ1n) is 5.05. The molecule has 0 amide bonds. The molecule has 0 radical (unpaired) electrons. The summed E-state index contributed by atoms with van der Waals surface area (Å²) in [6.07, 6.45) is -1.91. The van der Waals surface area contributed by atoms with Crippen LogP contribution in [0.25, 0.3) is 0 Å². The number of hydrogen-bond donors (Lipinski definition) is 3. The summed E-state index contributed by atoms with van der Waals surface area (Å²) in [6.45, 7) is -0.343. The Morgan fingerprint density at radius 2 is 2.22 bits per heavy atom. The molecule has 1 unspecified atom stereocenters. The third-order valence-electron chi connectivity index (χ3n) is 2.67. The predicted octanol–water partition coefficient (Wildman–Crippen LogP) is -1.11. The summed E-state index contributed by atoms with van der Waals surface area (Å²) in [7, 11) is 0. The van der Waals surface area contributed by atoms with E-state index < -0.39 is 48.2 Å². The summed E-state index contributed by atoms with van der Waals surface area (Å²) in [4.78, 5) is 23.2. The molecule has 1 aromatic rings. The number of aromatic amines is 1. The number of halogens is 2. The van der Waals surface area contributed by atoms with E-state index >= 15 is 0 Å². The van der Waals surface area contributed by atoms with Crippen LogP contribution in [-0.4, -0.2) is 53.6 Å². The second kappa shape index (κ2) is 5.14. The Kier molecular flexibility index (Phi) is 3.93. The molecule has 1 aliphatic heterocycles. The average Bonchev–Trinajstić information content (AvgIpc) is 2.61. The Bertz CT molecular complexity index is 562. The van der Waals surface area contributed by atoms with Gasteiger partial charge < -0.3 is 0 Å². The maximum atomic E-state index is 13.9. The van der Waals surface area contributed by atoms with E-state index in [2.05, 4.69) is 0 Å². The zero-order chi connectivity index (χ0) is 13.4. The van der Waals surface area contributed by atoms with Crippen LogP contribution in [0.4, 0.5) is 4.39 Å². The molecule has 100 valence electrons. The van der Waals surface area contributed by atoms with Crippen LogP contribution in [0.1, 0.15) is 4.94 Å². The molecule has 0 spiro atoms. The molecular formula is C9H10ClFN2O4Se. The molecule has 0 aromatic carbocycles. The number of nitrogens with one attached hydrogen (secondary N) is 1. The van der Waals surface area contributed by atoms with Gasteiger partial charge >= 0.3 is 111 Å². The van der Waals surface area contributed by atoms with Crippen molar-refractivity contribution >= 4 is 26.6 Å². The van der Waals surface area contributed by atoms with Crippen LogP contribution in [0.2, 0.25) is 9.84 Å². The summed E-state index contributed by atoms with van der Waals surface area (Å²) < 4.78 is 14.9. The van der Waals surface area contributed by atoms with Gasteiger partial charge in [0.1, 0.15) is 0 Å². The van der Waals surface area contributed by atoms with Crippen LogP contribution >= 0.6 is 11.6 Å². The van der Waals surface area contributed by atoms with E-state index in [1.54, 1.807) is 0 Å². The summed E-state index contributed by atoms with van der Waals surface area (Å²) in [5, 5.41) is 18.3. The third-order valence-corrected chi connectivity index (χ3v) is 6.18. The van der Waals surface area contributed by atoms with Crippen LogP contribution in [0.5, 0.6) is 0 Å². The van der Waals surface area contributed by atoms with Gasteiger partial charge in [-0.1, -0.05) is 0 Å². The SMILES string of the molecule is O=c1[nH]c(=O)n(C2[Se][C@H](CO)[C@@H](O)[C@@H]2F)cc1Cl. The quantitative estimate of drug-likeness (QED) is 0.593. The van der Waals surface area contributed by atoms with Crippen molar-refractivity contribution in [2.45, 2.75) is 22.0 Å². The fraction of sp³-hybridized carbons (Fsp3) is 0.556. The maximum absolute atomic E-state index is 13.9. The molecule has 18 heavy (non-hydrogen) atoms. The molecule has 2 heterocycles. The molecule has 9 heteroatoms. The van der Waals surface area contributed by atoms with Crippen molar-refractivity contribution in [2.75, 3.05) is 6.61 Å². The van der Waals surface area contributed by atoms with E-state index in [9.17, 15) is 19.1 Å². The molecule has 2 rings (SSSR count). The van der Waals surface area contributed by atoms with Crippen LogP contribution in [-0.2, 0) is 0 Å². The fourth-order valence-electron chi connectivity index (χ4n) is 1.73. The van der Waals surface area contributed by atoms with Gasteiger partial charge in [0.2, 0.25) is 0 Å². The van der Waals surface area contributed by atoms with Crippen molar-refractivity contribution in [1.82, 2.24) is 9.55 Å². The number of aliphatic hydroxyl groups excluding tert-OH is 2. The monoisotopic (exact) mass is 344 g/mol. The zero-order valence-corrected chi connectivity index (χ0v) is 11.4. The second-order valence-electron chi connectivity index (χ2n) is 3.83. The molecule has 1 aromatic heterocycles. The predicted molar refractivity (Wildman–Crippen MR) is 62.9 cm³/mol. The Labute approximate surface area is 112 Å². The van der Waals surface area contributed by atoms with E-state index in [4.69, 9.17) is 16.7 Å². The number of aliphatic hydroxyl groups is 2. The van der Waals surface area contributed by atoms with Crippen molar-refractivity contribution in [3.05, 3.63) is 32.1 Å². The molecule has 1 fully saturated rings. The molecule has 0 saturated carbocycles. The summed E-state index contributed by atoms with van der Waals surface area (Å²) in [5.41, 5.74) is -1.51. The molecule has 0 bridgehead atoms. The van der Waals surface area contributed by atoms with Crippen molar-refractivity contribution in [2.24, 2.45) is 0 Å². The first-order valence-corrected chi connectivity index (χ1v) is 7.40. The van der Waals surface area contributed by atoms with Crippen LogP contribution in [0, 0.1) is 0 Å². The summed E-state index contributed by atoms with van der Waals surface area (Å²) in [5.74, 6) is 0. The van der Waals surface area contributed by atoms with Gasteiger partial charge in [0, 0.05) is 0 Å². The number of nitrogens with zero attached hydrogens (tertiary/aromatic N) is 1. The van der Waals surface area contributed by atoms with Gasteiger partial charge in [0.25, 0.3) is 0 Å². The molecule has 1 saturated heterocycles. The van der Waals surface area contributed by atoms with E-state index in [1.807, 2.05) is 4.98 Å². The van der Waals surface area contributed by atoms with Gasteiger partial charge in [-0.25, -0.2) is 0 Å². The average molecular weight is 344 g/mol. The van der Waals surface area contributed by atoms with Gasteiger partial charge in [0.05, 0.1) is 0 Å². The van der Waals surface area contributed by atoms with Gasteiger partial charge in [0.15, 0.2) is 0 Å². The summed E-state index contributed by atoms with van der Waals surface area (Å²) >= 11 is 5.07. The first kappa shape index (κ1) is 13.8. The van der Waals surface area contributed by atoms with E-state index in [0.717, 1.165) is 10.8 Å². The summed E-state index contributed by atoms with van der Waals surface area (Å²) in [6, 6.07) is 0. The van der Waals surface area contributed by atoms with Gasteiger partial charge in [-0.2, -0.15) is 0 Å². The standard InChI is InChI=1S/C9H10ClFN2O4Se/c10-3-1-13(9(17)12-7(3)16)8-5(11)6(15)4(2-14)18-8/h1,4-6,8,14-15H,2H2,(H,12,16,17)/t4-,5+,6-,8?/m1/s1. The van der Waals surface area contributed by atoms with Crippen LogP contribution < -0.4 is 11.2 Å². The molecule has 3 N–H and O–H groups in total. The third kappa shape index (κ3) is 2.26. The minimum atomic E-state index is -1.66. The fourth-order valence-corrected chi connectivity index (χ4v) is 4.72. The van der Waals surface area contributed by atoms with E-state index in [-0.39, 0.29) is 11.6 Å². The number of aromatic nitrogens is 2. The Morgan fingerprint density at radius 3 is 2.78 bits per heavy atom. The molecule has 4 atom stereocenters. The topological polar surface area (TPSA) is 95.3 Å². The molecular weight excluding hydrogens is 334 g/mol. The molecule has 0 aliphatic carbocycles. The Morgan fingerprint density at radius 1 is 1.56 bits per heavy atom.